The fraction of sp³-hybridized carbons (Fsp3) is 0.250. The maximum absolute atomic E-state index is 14.1. The van der Waals surface area contributed by atoms with Gasteiger partial charge in [0.1, 0.15) is 18.3 Å². The van der Waals surface area contributed by atoms with Crippen LogP contribution in [0.1, 0.15) is 11.1 Å². The molecule has 2 rings (SSSR count). The highest BCUT2D eigenvalue weighted by Gasteiger charge is 2.06. The van der Waals surface area contributed by atoms with Gasteiger partial charge < -0.3 is 14.7 Å². The summed E-state index contributed by atoms with van der Waals surface area (Å²) < 4.78 is 19.6. The summed E-state index contributed by atoms with van der Waals surface area (Å²) in [6.45, 7) is 1.52. The highest BCUT2D eigenvalue weighted by atomic mass is 19.1. The van der Waals surface area contributed by atoms with Crippen molar-refractivity contribution in [2.45, 2.75) is 0 Å². The Morgan fingerprint density at radius 3 is 2.56 bits per heavy atom. The SMILES string of the molecule is CN(C)CCOCN=C(C=Cc1ccc(O)cc1)c1ccccc1F. The van der Waals surface area contributed by atoms with Crippen molar-refractivity contribution in [2.24, 2.45) is 4.99 Å². The van der Waals surface area contributed by atoms with Crippen LogP contribution < -0.4 is 0 Å². The van der Waals surface area contributed by atoms with Crippen molar-refractivity contribution in [1.82, 2.24) is 4.90 Å². The van der Waals surface area contributed by atoms with Gasteiger partial charge in [0.15, 0.2) is 0 Å². The van der Waals surface area contributed by atoms with Crippen LogP contribution in [-0.4, -0.2) is 49.7 Å². The normalized spacial score (nSPS) is 12.2. The molecule has 0 unspecified atom stereocenters. The molecule has 132 valence electrons. The largest absolute Gasteiger partial charge is 0.508 e. The molecule has 0 atom stereocenters. The molecule has 0 saturated carbocycles. The van der Waals surface area contributed by atoms with Crippen LogP contribution in [0.3, 0.4) is 0 Å². The number of hydrogen-bond acceptors (Lipinski definition) is 4. The summed E-state index contributed by atoms with van der Waals surface area (Å²) in [5.74, 6) is -0.126. The third-order valence-corrected chi connectivity index (χ3v) is 3.49. The third-order valence-electron chi connectivity index (χ3n) is 3.49. The van der Waals surface area contributed by atoms with Crippen molar-refractivity contribution in [3.8, 4) is 5.75 Å². The first-order valence-electron chi connectivity index (χ1n) is 8.05. The fourth-order valence-electron chi connectivity index (χ4n) is 2.08. The summed E-state index contributed by atoms with van der Waals surface area (Å²) >= 11 is 0. The topological polar surface area (TPSA) is 45.1 Å². The lowest BCUT2D eigenvalue weighted by Gasteiger charge is -2.09. The van der Waals surface area contributed by atoms with Crippen molar-refractivity contribution >= 4 is 11.8 Å². The number of halogens is 1. The molecule has 5 heteroatoms. The van der Waals surface area contributed by atoms with Crippen molar-refractivity contribution in [3.63, 3.8) is 0 Å². The Labute approximate surface area is 147 Å². The first-order valence-corrected chi connectivity index (χ1v) is 8.05. The lowest BCUT2D eigenvalue weighted by atomic mass is 10.1. The third kappa shape index (κ3) is 6.49. The van der Waals surface area contributed by atoms with Crippen molar-refractivity contribution in [2.75, 3.05) is 34.0 Å². The molecule has 2 aromatic rings. The molecular formula is C20H23FN2O2. The maximum atomic E-state index is 14.1. The second-order valence-electron chi connectivity index (χ2n) is 5.79. The summed E-state index contributed by atoms with van der Waals surface area (Å²) in [7, 11) is 3.94. The van der Waals surface area contributed by atoms with Gasteiger partial charge in [-0.25, -0.2) is 4.39 Å². The first-order chi connectivity index (χ1) is 12.1. The van der Waals surface area contributed by atoms with Crippen LogP contribution in [0, 0.1) is 5.82 Å². The molecule has 0 radical (unpaired) electrons. The fourth-order valence-corrected chi connectivity index (χ4v) is 2.08. The number of aromatic hydroxyl groups is 1. The molecule has 0 heterocycles. The van der Waals surface area contributed by atoms with E-state index in [0.717, 1.165) is 12.1 Å². The maximum Gasteiger partial charge on any atom is 0.138 e. The predicted octanol–water partition coefficient (Wildman–Crippen LogP) is 3.57. The number of nitrogens with zero attached hydrogens (tertiary/aromatic N) is 2. The quantitative estimate of drug-likeness (QED) is 0.589. The zero-order valence-corrected chi connectivity index (χ0v) is 14.5. The van der Waals surface area contributed by atoms with Crippen molar-refractivity contribution in [3.05, 3.63) is 71.6 Å². The molecule has 0 spiro atoms. The minimum Gasteiger partial charge on any atom is -0.508 e. The van der Waals surface area contributed by atoms with Crippen LogP contribution in [0.2, 0.25) is 0 Å². The molecule has 0 saturated heterocycles. The van der Waals surface area contributed by atoms with E-state index in [0.29, 0.717) is 17.9 Å². The Morgan fingerprint density at radius 1 is 1.16 bits per heavy atom. The molecule has 0 bridgehead atoms. The summed E-state index contributed by atoms with van der Waals surface area (Å²) in [6.07, 6.45) is 3.57. The number of phenols is 1. The van der Waals surface area contributed by atoms with E-state index in [-0.39, 0.29) is 18.3 Å². The Kier molecular flexibility index (Phi) is 7.32. The number of hydrogen-bond donors (Lipinski definition) is 1. The van der Waals surface area contributed by atoms with E-state index < -0.39 is 0 Å². The Balaban J connectivity index is 2.14. The standard InChI is InChI=1S/C20H23FN2O2/c1-23(2)13-14-25-15-22-20(18-5-3-4-6-19(18)21)12-9-16-7-10-17(24)11-8-16/h3-12,24H,13-15H2,1-2H3. The molecule has 0 amide bonds. The Bertz CT molecular complexity index is 725. The monoisotopic (exact) mass is 342 g/mol. The second kappa shape index (κ2) is 9.71. The van der Waals surface area contributed by atoms with Gasteiger partial charge in [0, 0.05) is 12.1 Å². The molecule has 1 N–H and O–H groups in total. The van der Waals surface area contributed by atoms with E-state index in [4.69, 9.17) is 4.74 Å². The highest BCUT2D eigenvalue weighted by Crippen LogP contribution is 2.13. The molecular weight excluding hydrogens is 319 g/mol. The van der Waals surface area contributed by atoms with Crippen molar-refractivity contribution < 1.29 is 14.2 Å². The van der Waals surface area contributed by atoms with Gasteiger partial charge in [0.25, 0.3) is 0 Å². The zero-order chi connectivity index (χ0) is 18.1. The van der Waals surface area contributed by atoms with Gasteiger partial charge in [-0.1, -0.05) is 30.3 Å². The van der Waals surface area contributed by atoms with Gasteiger partial charge in [-0.05, 0) is 50.0 Å². The average molecular weight is 342 g/mol. The van der Waals surface area contributed by atoms with Gasteiger partial charge in [0.05, 0.1) is 12.3 Å². The lowest BCUT2D eigenvalue weighted by Crippen LogP contribution is -2.18. The van der Waals surface area contributed by atoms with E-state index in [1.54, 1.807) is 48.5 Å². The van der Waals surface area contributed by atoms with Crippen LogP contribution in [0.15, 0.2) is 59.6 Å². The molecule has 25 heavy (non-hydrogen) atoms. The number of phenolic OH excluding ortho intramolecular Hbond substituents is 1. The van der Waals surface area contributed by atoms with Crippen LogP contribution in [-0.2, 0) is 4.74 Å². The molecule has 2 aromatic carbocycles. The predicted molar refractivity (Wildman–Crippen MR) is 99.5 cm³/mol. The number of allylic oxidation sites excluding steroid dienone is 1. The molecule has 0 aromatic heterocycles. The summed E-state index contributed by atoms with van der Waals surface area (Å²) in [5, 5.41) is 9.34. The van der Waals surface area contributed by atoms with Gasteiger partial charge >= 0.3 is 0 Å². The van der Waals surface area contributed by atoms with Crippen LogP contribution in [0.5, 0.6) is 5.75 Å². The number of rotatable bonds is 8. The van der Waals surface area contributed by atoms with E-state index in [2.05, 4.69) is 4.99 Å². The number of aliphatic imine (C=N–C) groups is 1. The Morgan fingerprint density at radius 2 is 1.88 bits per heavy atom. The van der Waals surface area contributed by atoms with Crippen LogP contribution in [0.25, 0.3) is 6.08 Å². The number of likely N-dealkylation sites (N-methyl/N-ethyl adjacent to an activating group) is 1. The average Bonchev–Trinajstić information content (AvgIpc) is 2.59. The van der Waals surface area contributed by atoms with Gasteiger partial charge in [-0.15, -0.1) is 0 Å². The zero-order valence-electron chi connectivity index (χ0n) is 14.5. The lowest BCUT2D eigenvalue weighted by molar-refractivity contribution is 0.125. The summed E-state index contributed by atoms with van der Waals surface area (Å²) in [4.78, 5) is 6.40. The van der Waals surface area contributed by atoms with E-state index in [1.807, 2.05) is 25.1 Å². The molecule has 4 nitrogen and oxygen atoms in total. The van der Waals surface area contributed by atoms with Crippen molar-refractivity contribution in [1.29, 1.82) is 0 Å². The molecule has 0 aliphatic heterocycles. The number of benzene rings is 2. The van der Waals surface area contributed by atoms with E-state index in [1.165, 1.54) is 6.07 Å². The minimum absolute atomic E-state index is 0.164. The van der Waals surface area contributed by atoms with Gasteiger partial charge in [-0.2, -0.15) is 0 Å². The Hall–Kier alpha value is -2.50. The second-order valence-corrected chi connectivity index (χ2v) is 5.79. The summed E-state index contributed by atoms with van der Waals surface area (Å²) in [6, 6.07) is 13.3. The first kappa shape index (κ1) is 18.8. The van der Waals surface area contributed by atoms with Crippen LogP contribution >= 0.6 is 0 Å². The van der Waals surface area contributed by atoms with Crippen LogP contribution in [0.4, 0.5) is 4.39 Å². The molecule has 0 aliphatic rings. The van der Waals surface area contributed by atoms with Gasteiger partial charge in [-0.3, -0.25) is 4.99 Å². The van der Waals surface area contributed by atoms with E-state index >= 15 is 0 Å². The highest BCUT2D eigenvalue weighted by molar-refractivity contribution is 6.10. The minimum atomic E-state index is -0.329. The van der Waals surface area contributed by atoms with E-state index in [9.17, 15) is 9.50 Å². The molecule has 0 fully saturated rings. The summed E-state index contributed by atoms with van der Waals surface area (Å²) in [5.41, 5.74) is 1.82. The molecule has 0 aliphatic carbocycles. The smallest absolute Gasteiger partial charge is 0.138 e. The van der Waals surface area contributed by atoms with Gasteiger partial charge in [0.2, 0.25) is 0 Å². The number of ether oxygens (including phenoxy) is 1.